The Kier molecular flexibility index (Phi) is 9.00. The Bertz CT molecular complexity index is 1470. The molecule has 3 amide bonds. The van der Waals surface area contributed by atoms with E-state index in [9.17, 15) is 27.6 Å². The van der Waals surface area contributed by atoms with Crippen molar-refractivity contribution in [2.45, 2.75) is 63.3 Å². The number of aryl methyl sites for hydroxylation is 1. The van der Waals surface area contributed by atoms with E-state index in [1.165, 1.54) is 17.0 Å². The summed E-state index contributed by atoms with van der Waals surface area (Å²) >= 11 is 0. The SMILES string of the molecule is Cn1nnc2cc(CNC(=O)[C@@H]3CC(Cc4ccc(C(F)(F)F)cc4)CN3C(=O)[C@H](N)CCC(=O)N3CCCC3)ccc21. The molecule has 2 aliphatic rings. The number of hydrogen-bond acceptors (Lipinski definition) is 6. The Morgan fingerprint density at radius 1 is 1.07 bits per heavy atom. The highest BCUT2D eigenvalue weighted by atomic mass is 19.4. The Morgan fingerprint density at radius 2 is 1.77 bits per heavy atom. The summed E-state index contributed by atoms with van der Waals surface area (Å²) < 4.78 is 40.7. The molecule has 3 heterocycles. The van der Waals surface area contributed by atoms with E-state index in [1.807, 2.05) is 18.2 Å². The predicted octanol–water partition coefficient (Wildman–Crippen LogP) is 2.79. The van der Waals surface area contributed by atoms with E-state index < -0.39 is 29.7 Å². The van der Waals surface area contributed by atoms with Crippen molar-refractivity contribution in [2.24, 2.45) is 18.7 Å². The van der Waals surface area contributed by atoms with Crippen LogP contribution in [0.1, 0.15) is 48.8 Å². The number of nitrogens with zero attached hydrogens (tertiary/aromatic N) is 5. The van der Waals surface area contributed by atoms with E-state index in [0.717, 1.165) is 36.1 Å². The number of nitrogens with one attached hydrogen (secondary N) is 1. The molecule has 2 aliphatic heterocycles. The molecule has 1 unspecified atom stereocenters. The van der Waals surface area contributed by atoms with Crippen molar-refractivity contribution in [3.05, 3.63) is 59.2 Å². The second-order valence-corrected chi connectivity index (χ2v) is 11.5. The van der Waals surface area contributed by atoms with Crippen molar-refractivity contribution in [3.63, 3.8) is 0 Å². The Hall–Kier alpha value is -4.00. The predicted molar refractivity (Wildman–Crippen MR) is 152 cm³/mol. The molecule has 2 saturated heterocycles. The number of alkyl halides is 3. The molecule has 1 aromatic heterocycles. The first-order valence-electron chi connectivity index (χ1n) is 14.6. The van der Waals surface area contributed by atoms with Crippen molar-refractivity contribution in [1.82, 2.24) is 30.1 Å². The molecule has 43 heavy (non-hydrogen) atoms. The normalized spacial score (nSPS) is 19.7. The number of likely N-dealkylation sites (tertiary alicyclic amines) is 2. The minimum atomic E-state index is -4.43. The van der Waals surface area contributed by atoms with E-state index in [0.29, 0.717) is 37.0 Å². The smallest absolute Gasteiger partial charge is 0.350 e. The van der Waals surface area contributed by atoms with Gasteiger partial charge < -0.3 is 20.9 Å². The molecule has 2 fully saturated rings. The number of carbonyl (C=O) groups excluding carboxylic acids is 3. The fourth-order valence-corrected chi connectivity index (χ4v) is 5.97. The van der Waals surface area contributed by atoms with Crippen molar-refractivity contribution in [3.8, 4) is 0 Å². The molecule has 13 heteroatoms. The highest BCUT2D eigenvalue weighted by molar-refractivity contribution is 5.91. The number of benzene rings is 2. The van der Waals surface area contributed by atoms with Crippen LogP contribution in [0.2, 0.25) is 0 Å². The minimum Gasteiger partial charge on any atom is -0.350 e. The van der Waals surface area contributed by atoms with Gasteiger partial charge in [-0.05, 0) is 73.4 Å². The van der Waals surface area contributed by atoms with Crippen LogP contribution in [0.3, 0.4) is 0 Å². The van der Waals surface area contributed by atoms with E-state index in [1.54, 1.807) is 16.6 Å². The van der Waals surface area contributed by atoms with Crippen LogP contribution in [-0.4, -0.2) is 74.2 Å². The maximum atomic E-state index is 13.5. The van der Waals surface area contributed by atoms with Gasteiger partial charge in [-0.2, -0.15) is 13.2 Å². The summed E-state index contributed by atoms with van der Waals surface area (Å²) in [7, 11) is 1.79. The van der Waals surface area contributed by atoms with Gasteiger partial charge in [0.25, 0.3) is 0 Å². The molecule has 3 atom stereocenters. The van der Waals surface area contributed by atoms with Crippen LogP contribution in [0.5, 0.6) is 0 Å². The second kappa shape index (κ2) is 12.7. The number of carbonyl (C=O) groups is 3. The summed E-state index contributed by atoms with van der Waals surface area (Å²) in [5.41, 5.74) is 8.58. The lowest BCUT2D eigenvalue weighted by atomic mass is 9.96. The van der Waals surface area contributed by atoms with Crippen LogP contribution in [0, 0.1) is 5.92 Å². The van der Waals surface area contributed by atoms with Gasteiger partial charge in [-0.3, -0.25) is 14.4 Å². The first-order valence-corrected chi connectivity index (χ1v) is 14.6. The van der Waals surface area contributed by atoms with Crippen LogP contribution in [0.4, 0.5) is 13.2 Å². The van der Waals surface area contributed by atoms with Gasteiger partial charge in [0.1, 0.15) is 11.6 Å². The number of amides is 3. The zero-order chi connectivity index (χ0) is 30.7. The zero-order valence-corrected chi connectivity index (χ0v) is 24.0. The lowest BCUT2D eigenvalue weighted by Crippen LogP contribution is -2.51. The summed E-state index contributed by atoms with van der Waals surface area (Å²) in [6.45, 7) is 1.87. The van der Waals surface area contributed by atoms with Crippen LogP contribution >= 0.6 is 0 Å². The maximum absolute atomic E-state index is 13.5. The average molecular weight is 600 g/mol. The summed E-state index contributed by atoms with van der Waals surface area (Å²) in [5.74, 6) is -0.948. The van der Waals surface area contributed by atoms with E-state index >= 15 is 0 Å². The van der Waals surface area contributed by atoms with Crippen LogP contribution in [0.15, 0.2) is 42.5 Å². The molecule has 3 N–H and O–H groups in total. The monoisotopic (exact) mass is 599 g/mol. The Labute approximate surface area is 247 Å². The third-order valence-electron chi connectivity index (χ3n) is 8.37. The average Bonchev–Trinajstić information content (AvgIpc) is 3.75. The molecule has 230 valence electrons. The highest BCUT2D eigenvalue weighted by Gasteiger charge is 2.41. The number of fused-ring (bicyclic) bond motifs is 1. The van der Waals surface area contributed by atoms with Crippen molar-refractivity contribution in [2.75, 3.05) is 19.6 Å². The number of halogens is 3. The number of rotatable bonds is 9. The first-order chi connectivity index (χ1) is 20.5. The molecule has 2 aromatic carbocycles. The summed E-state index contributed by atoms with van der Waals surface area (Å²) in [6.07, 6.45) is -1.44. The number of aromatic nitrogens is 3. The van der Waals surface area contributed by atoms with E-state index in [4.69, 9.17) is 5.73 Å². The molecule has 5 rings (SSSR count). The molecule has 10 nitrogen and oxygen atoms in total. The fourth-order valence-electron chi connectivity index (χ4n) is 5.97. The van der Waals surface area contributed by atoms with E-state index in [-0.39, 0.29) is 43.7 Å². The molecule has 0 spiro atoms. The molecule has 0 aliphatic carbocycles. The fraction of sp³-hybridized carbons (Fsp3) is 0.500. The van der Waals surface area contributed by atoms with Crippen molar-refractivity contribution < 1.29 is 27.6 Å². The van der Waals surface area contributed by atoms with Crippen LogP contribution < -0.4 is 11.1 Å². The zero-order valence-electron chi connectivity index (χ0n) is 24.0. The summed E-state index contributed by atoms with van der Waals surface area (Å²) in [4.78, 5) is 42.7. The molecule has 0 radical (unpaired) electrons. The van der Waals surface area contributed by atoms with Crippen LogP contribution in [-0.2, 0) is 40.6 Å². The van der Waals surface area contributed by atoms with Crippen molar-refractivity contribution >= 4 is 28.8 Å². The van der Waals surface area contributed by atoms with Gasteiger partial charge in [-0.1, -0.05) is 23.4 Å². The molecule has 0 saturated carbocycles. The topological polar surface area (TPSA) is 126 Å². The molecule has 0 bridgehead atoms. The van der Waals surface area contributed by atoms with Gasteiger partial charge in [0, 0.05) is 39.6 Å². The summed E-state index contributed by atoms with van der Waals surface area (Å²) in [5, 5.41) is 11.0. The minimum absolute atomic E-state index is 0.0308. The number of nitrogens with two attached hydrogens (primary N) is 1. The van der Waals surface area contributed by atoms with Crippen molar-refractivity contribution in [1.29, 1.82) is 0 Å². The number of hydrogen-bond donors (Lipinski definition) is 2. The standard InChI is InChI=1S/C30H36F3N7O3/c1-38-25-10-6-20(15-24(25)36-37-38)17-35-28(42)26-16-21(14-19-4-7-22(8-5-19)30(31,32)33)18-40(26)29(43)23(34)9-11-27(41)39-12-2-3-13-39/h4-8,10,15,21,23,26H,2-3,9,11-14,16-18,34H2,1H3,(H,35,42)/t21?,23-,26+/m1/s1. The third-order valence-corrected chi connectivity index (χ3v) is 8.37. The van der Waals surface area contributed by atoms with Gasteiger partial charge in [0.15, 0.2) is 0 Å². The maximum Gasteiger partial charge on any atom is 0.416 e. The van der Waals surface area contributed by atoms with Gasteiger partial charge >= 0.3 is 6.18 Å². The van der Waals surface area contributed by atoms with Gasteiger partial charge in [0.05, 0.1) is 17.1 Å². The Balaban J connectivity index is 1.26. The van der Waals surface area contributed by atoms with Crippen LogP contribution in [0.25, 0.3) is 11.0 Å². The quantitative estimate of drug-likeness (QED) is 0.390. The van der Waals surface area contributed by atoms with E-state index in [2.05, 4.69) is 15.6 Å². The lowest BCUT2D eigenvalue weighted by molar-refractivity contribution is -0.140. The molecular weight excluding hydrogens is 563 g/mol. The molecule has 3 aromatic rings. The van der Waals surface area contributed by atoms with Gasteiger partial charge in [-0.25, -0.2) is 4.68 Å². The second-order valence-electron chi connectivity index (χ2n) is 11.5. The van der Waals surface area contributed by atoms with Gasteiger partial charge in [-0.15, -0.1) is 5.10 Å². The van der Waals surface area contributed by atoms with Gasteiger partial charge in [0.2, 0.25) is 17.7 Å². The first kappa shape index (κ1) is 30.5. The largest absolute Gasteiger partial charge is 0.416 e. The lowest BCUT2D eigenvalue weighted by Gasteiger charge is -2.27. The molecular formula is C30H36F3N7O3. The highest BCUT2D eigenvalue weighted by Crippen LogP contribution is 2.31. The third kappa shape index (κ3) is 7.15. The Morgan fingerprint density at radius 3 is 2.47 bits per heavy atom. The summed E-state index contributed by atoms with van der Waals surface area (Å²) in [6, 6.07) is 8.76.